The number of rotatable bonds is 2. The van der Waals surface area contributed by atoms with Gasteiger partial charge in [-0.1, -0.05) is 30.3 Å². The number of hydrogen-bond acceptors (Lipinski definition) is 5. The van der Waals surface area contributed by atoms with Crippen LogP contribution < -0.4 is 0 Å². The molecule has 0 aliphatic carbocycles. The van der Waals surface area contributed by atoms with E-state index in [0.29, 0.717) is 5.56 Å². The van der Waals surface area contributed by atoms with Crippen LogP contribution in [0.4, 0.5) is 0 Å². The molecule has 0 aromatic heterocycles. The first-order valence-corrected chi connectivity index (χ1v) is 5.93. The van der Waals surface area contributed by atoms with Crippen LogP contribution in [-0.4, -0.2) is 40.6 Å². The van der Waals surface area contributed by atoms with E-state index in [1.54, 1.807) is 24.3 Å². The molecule has 0 spiro atoms. The molecule has 5 atom stereocenters. The fourth-order valence-corrected chi connectivity index (χ4v) is 2.54. The van der Waals surface area contributed by atoms with Crippen molar-refractivity contribution in [2.75, 3.05) is 0 Å². The Hall–Kier alpha value is -1.43. The highest BCUT2D eigenvalue weighted by molar-refractivity contribution is 5.73. The first kappa shape index (κ1) is 11.6. The third kappa shape index (κ3) is 1.80. The molecule has 18 heavy (non-hydrogen) atoms. The Balaban J connectivity index is 1.77. The number of ether oxygens (including phenoxy) is 2. The monoisotopic (exact) mass is 250 g/mol. The van der Waals surface area contributed by atoms with Crippen LogP contribution >= 0.6 is 0 Å². The first-order valence-electron chi connectivity index (χ1n) is 5.93. The predicted molar refractivity (Wildman–Crippen MR) is 60.6 cm³/mol. The van der Waals surface area contributed by atoms with Crippen molar-refractivity contribution in [3.05, 3.63) is 35.9 Å². The Bertz CT molecular complexity index is 446. The molecule has 0 unspecified atom stereocenters. The Morgan fingerprint density at radius 1 is 1.28 bits per heavy atom. The molecular formula is C13H14O5. The van der Waals surface area contributed by atoms with E-state index in [2.05, 4.69) is 0 Å². The summed E-state index contributed by atoms with van der Waals surface area (Å²) >= 11 is 0. The molecular weight excluding hydrogens is 236 g/mol. The highest BCUT2D eigenvalue weighted by atomic mass is 16.6. The summed E-state index contributed by atoms with van der Waals surface area (Å²) < 4.78 is 10.5. The fourth-order valence-electron chi connectivity index (χ4n) is 2.54. The molecule has 0 amide bonds. The largest absolute Gasteiger partial charge is 0.457 e. The van der Waals surface area contributed by atoms with Crippen molar-refractivity contribution in [3.63, 3.8) is 0 Å². The van der Waals surface area contributed by atoms with Crippen LogP contribution in [0.2, 0.25) is 0 Å². The molecule has 2 saturated heterocycles. The maximum absolute atomic E-state index is 11.1. The Labute approximate surface area is 104 Å². The van der Waals surface area contributed by atoms with Gasteiger partial charge in [-0.25, -0.2) is 0 Å². The van der Waals surface area contributed by atoms with Gasteiger partial charge in [-0.2, -0.15) is 0 Å². The molecule has 2 N–H and O–H groups in total. The van der Waals surface area contributed by atoms with Crippen LogP contribution in [-0.2, 0) is 14.3 Å². The van der Waals surface area contributed by atoms with Gasteiger partial charge in [0.1, 0.15) is 24.4 Å². The van der Waals surface area contributed by atoms with E-state index in [-0.39, 0.29) is 12.4 Å². The van der Waals surface area contributed by atoms with Gasteiger partial charge in [-0.3, -0.25) is 4.79 Å². The molecule has 0 radical (unpaired) electrons. The summed E-state index contributed by atoms with van der Waals surface area (Å²) in [6.45, 7) is 0. The Morgan fingerprint density at radius 2 is 2.00 bits per heavy atom. The second-order valence-electron chi connectivity index (χ2n) is 4.64. The van der Waals surface area contributed by atoms with Crippen LogP contribution in [0, 0.1) is 0 Å². The maximum atomic E-state index is 11.1. The van der Waals surface area contributed by atoms with Gasteiger partial charge in [0, 0.05) is 0 Å². The summed E-state index contributed by atoms with van der Waals surface area (Å²) in [5.41, 5.74) is 0.674. The molecule has 5 nitrogen and oxygen atoms in total. The Kier molecular flexibility index (Phi) is 2.81. The minimum Gasteiger partial charge on any atom is -0.457 e. The smallest absolute Gasteiger partial charge is 0.309 e. The molecule has 2 aliphatic rings. The minimum atomic E-state index is -0.989. The van der Waals surface area contributed by atoms with Crippen molar-refractivity contribution in [1.29, 1.82) is 0 Å². The van der Waals surface area contributed by atoms with E-state index in [0.717, 1.165) is 0 Å². The highest BCUT2D eigenvalue weighted by Gasteiger charge is 2.53. The van der Waals surface area contributed by atoms with Crippen molar-refractivity contribution in [1.82, 2.24) is 0 Å². The maximum Gasteiger partial charge on any atom is 0.309 e. The van der Waals surface area contributed by atoms with Crippen molar-refractivity contribution < 1.29 is 24.5 Å². The zero-order valence-electron chi connectivity index (χ0n) is 9.60. The molecule has 2 fully saturated rings. The topological polar surface area (TPSA) is 76.0 Å². The lowest BCUT2D eigenvalue weighted by Crippen LogP contribution is -2.35. The van der Waals surface area contributed by atoms with Crippen molar-refractivity contribution in [2.45, 2.75) is 36.9 Å². The van der Waals surface area contributed by atoms with E-state index in [9.17, 15) is 15.0 Å². The molecule has 5 heteroatoms. The summed E-state index contributed by atoms with van der Waals surface area (Å²) in [5, 5.41) is 20.2. The number of esters is 1. The molecule has 0 bridgehead atoms. The van der Waals surface area contributed by atoms with Crippen LogP contribution in [0.5, 0.6) is 0 Å². The van der Waals surface area contributed by atoms with E-state index in [1.807, 2.05) is 6.07 Å². The van der Waals surface area contributed by atoms with Crippen LogP contribution in [0.3, 0.4) is 0 Å². The quantitative estimate of drug-likeness (QED) is 0.731. The first-order chi connectivity index (χ1) is 8.66. The number of carbonyl (C=O) groups is 1. The van der Waals surface area contributed by atoms with Crippen LogP contribution in [0.1, 0.15) is 18.1 Å². The van der Waals surface area contributed by atoms with Crippen LogP contribution in [0.25, 0.3) is 0 Å². The van der Waals surface area contributed by atoms with Gasteiger partial charge in [-0.15, -0.1) is 0 Å². The SMILES string of the molecule is O=C1C[C@H]2O[C@H]([C@@H](O)c3ccccc3)[C@@H](O)[C@H]2O1. The van der Waals surface area contributed by atoms with E-state index >= 15 is 0 Å². The van der Waals surface area contributed by atoms with Gasteiger partial charge in [0.05, 0.1) is 6.42 Å². The molecule has 96 valence electrons. The molecule has 2 heterocycles. The van der Waals surface area contributed by atoms with Crippen molar-refractivity contribution in [2.24, 2.45) is 0 Å². The van der Waals surface area contributed by atoms with Crippen LogP contribution in [0.15, 0.2) is 30.3 Å². The number of aliphatic hydroxyl groups is 2. The third-order valence-electron chi connectivity index (χ3n) is 3.46. The van der Waals surface area contributed by atoms with Gasteiger partial charge in [0.15, 0.2) is 6.10 Å². The lowest BCUT2D eigenvalue weighted by atomic mass is 9.99. The van der Waals surface area contributed by atoms with Crippen molar-refractivity contribution >= 4 is 5.97 Å². The second-order valence-corrected chi connectivity index (χ2v) is 4.64. The number of aliphatic hydroxyl groups excluding tert-OH is 2. The molecule has 1 aromatic rings. The zero-order chi connectivity index (χ0) is 12.7. The standard InChI is InChI=1S/C13H14O5/c14-9-6-8-12(18-9)11(16)13(17-8)10(15)7-4-2-1-3-5-7/h1-5,8,10-13,15-16H,6H2/t8-,10+,11+,12+,13-/m1/s1. The van der Waals surface area contributed by atoms with E-state index in [4.69, 9.17) is 9.47 Å². The normalized spacial score (nSPS) is 36.2. The summed E-state index contributed by atoms with van der Waals surface area (Å²) in [4.78, 5) is 11.1. The minimum absolute atomic E-state index is 0.139. The Morgan fingerprint density at radius 3 is 2.67 bits per heavy atom. The van der Waals surface area contributed by atoms with E-state index in [1.165, 1.54) is 0 Å². The average molecular weight is 250 g/mol. The molecule has 1 aromatic carbocycles. The molecule has 0 saturated carbocycles. The van der Waals surface area contributed by atoms with E-state index < -0.39 is 30.5 Å². The highest BCUT2D eigenvalue weighted by Crippen LogP contribution is 2.36. The number of benzene rings is 1. The number of fused-ring (bicyclic) bond motifs is 1. The molecule has 3 rings (SSSR count). The van der Waals surface area contributed by atoms with Crippen molar-refractivity contribution in [3.8, 4) is 0 Å². The number of hydrogen-bond donors (Lipinski definition) is 2. The average Bonchev–Trinajstić information content (AvgIpc) is 2.88. The lowest BCUT2D eigenvalue weighted by molar-refractivity contribution is -0.147. The third-order valence-corrected chi connectivity index (χ3v) is 3.46. The van der Waals surface area contributed by atoms with Gasteiger partial charge in [0.25, 0.3) is 0 Å². The molecule has 2 aliphatic heterocycles. The second kappa shape index (κ2) is 4.35. The predicted octanol–water partition coefficient (Wildman–Crippen LogP) is 0.164. The van der Waals surface area contributed by atoms with Gasteiger partial charge in [0.2, 0.25) is 0 Å². The summed E-state index contributed by atoms with van der Waals surface area (Å²) in [6, 6.07) is 8.99. The lowest BCUT2D eigenvalue weighted by Gasteiger charge is -2.22. The summed E-state index contributed by atoms with van der Waals surface area (Å²) in [7, 11) is 0. The zero-order valence-corrected chi connectivity index (χ0v) is 9.60. The van der Waals surface area contributed by atoms with Gasteiger partial charge < -0.3 is 19.7 Å². The summed E-state index contributed by atoms with van der Waals surface area (Å²) in [6.07, 6.45) is -3.63. The fraction of sp³-hybridized carbons (Fsp3) is 0.462. The van der Waals surface area contributed by atoms with Gasteiger partial charge >= 0.3 is 5.97 Å². The summed E-state index contributed by atoms with van der Waals surface area (Å²) in [5.74, 6) is -0.364. The number of carbonyl (C=O) groups excluding carboxylic acids is 1. The van der Waals surface area contributed by atoms with Gasteiger partial charge in [-0.05, 0) is 5.56 Å².